The van der Waals surface area contributed by atoms with Crippen LogP contribution in [0.3, 0.4) is 0 Å². The fourth-order valence-electron chi connectivity index (χ4n) is 3.20. The topological polar surface area (TPSA) is 87.1 Å². The molecule has 158 valence electrons. The van der Waals surface area contributed by atoms with Crippen molar-refractivity contribution in [2.24, 2.45) is 0 Å². The zero-order valence-corrected chi connectivity index (χ0v) is 17.4. The molecule has 3 aromatic carbocycles. The van der Waals surface area contributed by atoms with Crippen molar-refractivity contribution in [1.82, 2.24) is 4.90 Å². The lowest BCUT2D eigenvalue weighted by Gasteiger charge is -2.25. The minimum absolute atomic E-state index is 0.361. The molecule has 1 atom stereocenters. The molecule has 0 aliphatic heterocycles. The molecule has 0 heterocycles. The molecule has 0 aliphatic rings. The summed E-state index contributed by atoms with van der Waals surface area (Å²) in [6, 6.07) is 23.7. The maximum atomic E-state index is 9.10. The highest BCUT2D eigenvalue weighted by molar-refractivity contribution is 6.27. The van der Waals surface area contributed by atoms with Gasteiger partial charge in [-0.1, -0.05) is 66.2 Å². The Morgan fingerprint density at radius 3 is 2.20 bits per heavy atom. The second-order valence-electron chi connectivity index (χ2n) is 7.12. The fraction of sp³-hybridized carbons (Fsp3) is 0.250. The van der Waals surface area contributed by atoms with Gasteiger partial charge < -0.3 is 19.8 Å². The Morgan fingerprint density at radius 1 is 0.933 bits per heavy atom. The smallest absolute Gasteiger partial charge is 0.414 e. The Balaban J connectivity index is 0.000000469. The first-order valence-corrected chi connectivity index (χ1v) is 9.59. The number of nitrogens with zero attached hydrogens (tertiary/aromatic N) is 1. The predicted octanol–water partition coefficient (Wildman–Crippen LogP) is 4.38. The quantitative estimate of drug-likeness (QED) is 0.588. The molecule has 30 heavy (non-hydrogen) atoms. The van der Waals surface area contributed by atoms with Crippen molar-refractivity contribution in [2.75, 3.05) is 20.7 Å². The van der Waals surface area contributed by atoms with E-state index >= 15 is 0 Å². The number of fused-ring (bicyclic) bond motifs is 1. The van der Waals surface area contributed by atoms with Gasteiger partial charge in [0.15, 0.2) is 0 Å². The van der Waals surface area contributed by atoms with E-state index in [1.54, 1.807) is 0 Å². The van der Waals surface area contributed by atoms with Gasteiger partial charge in [0.1, 0.15) is 5.75 Å². The van der Waals surface area contributed by atoms with Crippen LogP contribution in [0, 0.1) is 6.92 Å². The summed E-state index contributed by atoms with van der Waals surface area (Å²) in [5, 5.41) is 17.2. The standard InChI is InChI=1S/C22H25NO.C2H2O4/c1-17-8-6-11-19(16-17)21(23(2)3)14-15-24-22-13-7-10-18-9-4-5-12-20(18)22;3-1(4)2(5)6/h4-13,16,21H,14-15H2,1-3H3;(H,3,4)(H,5,6). The van der Waals surface area contributed by atoms with Gasteiger partial charge in [0, 0.05) is 17.8 Å². The van der Waals surface area contributed by atoms with Crippen LogP contribution >= 0.6 is 0 Å². The Bertz CT molecular complexity index is 982. The van der Waals surface area contributed by atoms with Gasteiger partial charge in [-0.15, -0.1) is 0 Å². The van der Waals surface area contributed by atoms with Crippen molar-refractivity contribution in [2.45, 2.75) is 19.4 Å². The number of carbonyl (C=O) groups is 2. The van der Waals surface area contributed by atoms with Crippen molar-refractivity contribution in [3.8, 4) is 5.75 Å². The molecule has 3 aromatic rings. The average Bonchev–Trinajstić information content (AvgIpc) is 2.71. The first-order valence-electron chi connectivity index (χ1n) is 9.59. The lowest BCUT2D eigenvalue weighted by molar-refractivity contribution is -0.159. The Kier molecular flexibility index (Phi) is 8.38. The number of rotatable bonds is 6. The molecule has 0 aromatic heterocycles. The molecule has 0 radical (unpaired) electrons. The van der Waals surface area contributed by atoms with Crippen LogP contribution in [0.5, 0.6) is 5.75 Å². The second kappa shape index (κ2) is 11.0. The van der Waals surface area contributed by atoms with E-state index in [-0.39, 0.29) is 0 Å². The van der Waals surface area contributed by atoms with Gasteiger partial charge in [0.25, 0.3) is 0 Å². The van der Waals surface area contributed by atoms with Crippen molar-refractivity contribution < 1.29 is 24.5 Å². The molecule has 6 nitrogen and oxygen atoms in total. The van der Waals surface area contributed by atoms with Crippen molar-refractivity contribution in [3.05, 3.63) is 77.9 Å². The average molecular weight is 409 g/mol. The Hall–Kier alpha value is -3.38. The van der Waals surface area contributed by atoms with E-state index in [1.807, 2.05) is 0 Å². The maximum Gasteiger partial charge on any atom is 0.414 e. The highest BCUT2D eigenvalue weighted by atomic mass is 16.5. The van der Waals surface area contributed by atoms with E-state index in [2.05, 4.69) is 92.6 Å². The third-order valence-electron chi connectivity index (χ3n) is 4.63. The SMILES string of the molecule is Cc1cccc(C(CCOc2cccc3ccccc23)N(C)C)c1.O=C(O)C(=O)O. The maximum absolute atomic E-state index is 9.10. The zero-order chi connectivity index (χ0) is 22.1. The Morgan fingerprint density at radius 2 is 1.57 bits per heavy atom. The van der Waals surface area contributed by atoms with Gasteiger partial charge in [-0.25, -0.2) is 9.59 Å². The molecule has 0 amide bonds. The predicted molar refractivity (Wildman–Crippen MR) is 117 cm³/mol. The van der Waals surface area contributed by atoms with Crippen molar-refractivity contribution in [3.63, 3.8) is 0 Å². The number of carboxylic acid groups (broad SMARTS) is 2. The lowest BCUT2D eigenvalue weighted by Crippen LogP contribution is -2.22. The summed E-state index contributed by atoms with van der Waals surface area (Å²) >= 11 is 0. The molecule has 0 saturated carbocycles. The summed E-state index contributed by atoms with van der Waals surface area (Å²) in [6.45, 7) is 2.84. The molecule has 0 fully saturated rings. The van der Waals surface area contributed by atoms with Crippen LogP contribution in [-0.4, -0.2) is 47.8 Å². The highest BCUT2D eigenvalue weighted by Gasteiger charge is 2.14. The number of ether oxygens (including phenoxy) is 1. The number of benzene rings is 3. The van der Waals surface area contributed by atoms with Crippen LogP contribution in [0.1, 0.15) is 23.6 Å². The van der Waals surface area contributed by atoms with Gasteiger partial charge in [-0.3, -0.25) is 0 Å². The molecule has 0 aliphatic carbocycles. The van der Waals surface area contributed by atoms with Gasteiger partial charge in [-0.05, 0) is 38.0 Å². The summed E-state index contributed by atoms with van der Waals surface area (Å²) in [7, 11) is 4.26. The molecular formula is C24H27NO5. The number of hydrogen-bond donors (Lipinski definition) is 2. The van der Waals surface area contributed by atoms with Gasteiger partial charge in [0.05, 0.1) is 6.61 Å². The number of aryl methyl sites for hydroxylation is 1. The van der Waals surface area contributed by atoms with Crippen LogP contribution in [0.2, 0.25) is 0 Å². The van der Waals surface area contributed by atoms with Crippen LogP contribution in [-0.2, 0) is 9.59 Å². The summed E-state index contributed by atoms with van der Waals surface area (Å²) in [5.74, 6) is -2.68. The molecule has 0 bridgehead atoms. The van der Waals surface area contributed by atoms with Crippen LogP contribution < -0.4 is 4.74 Å². The number of carboxylic acids is 2. The third-order valence-corrected chi connectivity index (χ3v) is 4.63. The van der Waals surface area contributed by atoms with Crippen LogP contribution in [0.15, 0.2) is 66.7 Å². The molecule has 3 rings (SSSR count). The van der Waals surface area contributed by atoms with E-state index in [4.69, 9.17) is 24.5 Å². The Labute approximate surface area is 176 Å². The second-order valence-corrected chi connectivity index (χ2v) is 7.12. The summed E-state index contributed by atoms with van der Waals surface area (Å²) in [5.41, 5.74) is 2.65. The largest absolute Gasteiger partial charge is 0.493 e. The summed E-state index contributed by atoms with van der Waals surface area (Å²) in [4.78, 5) is 20.5. The zero-order valence-electron chi connectivity index (χ0n) is 17.4. The molecule has 0 saturated heterocycles. The monoisotopic (exact) mass is 409 g/mol. The molecular weight excluding hydrogens is 382 g/mol. The van der Waals surface area contributed by atoms with Gasteiger partial charge >= 0.3 is 11.9 Å². The summed E-state index contributed by atoms with van der Waals surface area (Å²) < 4.78 is 6.12. The molecule has 0 spiro atoms. The van der Waals surface area contributed by atoms with Gasteiger partial charge in [0.2, 0.25) is 0 Å². The van der Waals surface area contributed by atoms with Crippen molar-refractivity contribution in [1.29, 1.82) is 0 Å². The van der Waals surface area contributed by atoms with E-state index < -0.39 is 11.9 Å². The number of hydrogen-bond acceptors (Lipinski definition) is 4. The van der Waals surface area contributed by atoms with E-state index in [1.165, 1.54) is 21.9 Å². The molecule has 1 unspecified atom stereocenters. The number of aliphatic carboxylic acids is 2. The van der Waals surface area contributed by atoms with E-state index in [0.29, 0.717) is 12.6 Å². The van der Waals surface area contributed by atoms with Gasteiger partial charge in [-0.2, -0.15) is 0 Å². The molecule has 2 N–H and O–H groups in total. The van der Waals surface area contributed by atoms with E-state index in [9.17, 15) is 0 Å². The van der Waals surface area contributed by atoms with Crippen molar-refractivity contribution >= 4 is 22.7 Å². The fourth-order valence-corrected chi connectivity index (χ4v) is 3.20. The summed E-state index contributed by atoms with van der Waals surface area (Å²) in [6.07, 6.45) is 0.958. The molecule has 6 heteroatoms. The highest BCUT2D eigenvalue weighted by Crippen LogP contribution is 2.27. The first-order chi connectivity index (χ1) is 14.3. The normalized spacial score (nSPS) is 11.5. The minimum atomic E-state index is -1.82. The third kappa shape index (κ3) is 6.60. The minimum Gasteiger partial charge on any atom is -0.493 e. The van der Waals surface area contributed by atoms with Crippen LogP contribution in [0.25, 0.3) is 10.8 Å². The lowest BCUT2D eigenvalue weighted by atomic mass is 10.0. The first kappa shape index (κ1) is 22.9. The van der Waals surface area contributed by atoms with E-state index in [0.717, 1.165) is 12.2 Å². The van der Waals surface area contributed by atoms with Crippen LogP contribution in [0.4, 0.5) is 0 Å².